The average molecular weight is 540 g/mol. The molecule has 0 atom stereocenters. The van der Waals surface area contributed by atoms with Crippen molar-refractivity contribution in [1.29, 1.82) is 0 Å². The maximum atomic E-state index is 13.1. The minimum absolute atomic E-state index is 0.0485. The Hall–Kier alpha value is -4.54. The lowest BCUT2D eigenvalue weighted by molar-refractivity contribution is -0.118. The molecule has 0 saturated heterocycles. The van der Waals surface area contributed by atoms with Crippen molar-refractivity contribution in [2.24, 2.45) is 24.8 Å². The van der Waals surface area contributed by atoms with E-state index in [9.17, 15) is 22.8 Å². The Bertz CT molecular complexity index is 1740. The number of rotatable bonds is 6. The van der Waals surface area contributed by atoms with Gasteiger partial charge in [-0.3, -0.25) is 14.6 Å². The van der Waals surface area contributed by atoms with Gasteiger partial charge in [0.15, 0.2) is 5.75 Å². The fraction of sp³-hybridized carbons (Fsp3) is 0.250. The molecule has 0 unspecified atom stereocenters. The van der Waals surface area contributed by atoms with Crippen LogP contribution in [0.1, 0.15) is 23.7 Å². The Balaban J connectivity index is 1.94. The summed E-state index contributed by atoms with van der Waals surface area (Å²) in [7, 11) is 3.17. The van der Waals surface area contributed by atoms with E-state index in [1.165, 1.54) is 22.1 Å². The van der Waals surface area contributed by atoms with Gasteiger partial charge in [-0.1, -0.05) is 18.2 Å². The van der Waals surface area contributed by atoms with Gasteiger partial charge in [0, 0.05) is 66.1 Å². The number of para-hydroxylation sites is 1. The number of fused-ring (bicyclic) bond motifs is 1. The SMILES string of the molecule is CC(=NCC(F)(F)F)C(=CN)c1cc2c(-c3cc(=O)n(C)cc3Oc3c(C)cccc3C)cn(C)c(=O)c2[nH]1. The molecule has 3 aromatic heterocycles. The molecule has 3 N–H and O–H groups in total. The van der Waals surface area contributed by atoms with E-state index in [1.54, 1.807) is 32.6 Å². The molecule has 0 aliphatic carbocycles. The fourth-order valence-electron chi connectivity index (χ4n) is 4.36. The molecule has 4 aromatic rings. The standard InChI is InChI=1S/C28H28F3N5O3/c1-15-7-6-8-16(2)26(15)39-23-13-35(4)24(37)10-18(23)21-12-36(5)27(38)25-19(21)9-22(34-25)20(11-32)17(3)33-14-28(29,30)31/h6-13,34H,14,32H2,1-5H3. The summed E-state index contributed by atoms with van der Waals surface area (Å²) in [6, 6.07) is 8.77. The molecule has 1 aromatic carbocycles. The molecule has 204 valence electrons. The van der Waals surface area contributed by atoms with Crippen molar-refractivity contribution in [3.63, 3.8) is 0 Å². The summed E-state index contributed by atoms with van der Waals surface area (Å²) in [5.74, 6) is 1.02. The highest BCUT2D eigenvalue weighted by atomic mass is 19.4. The van der Waals surface area contributed by atoms with Gasteiger partial charge in [-0.15, -0.1) is 0 Å². The number of hydrogen-bond donors (Lipinski definition) is 2. The number of nitrogens with two attached hydrogens (primary N) is 1. The van der Waals surface area contributed by atoms with Crippen molar-refractivity contribution in [1.82, 2.24) is 14.1 Å². The third kappa shape index (κ3) is 5.52. The zero-order chi connectivity index (χ0) is 28.6. The maximum absolute atomic E-state index is 13.1. The summed E-state index contributed by atoms with van der Waals surface area (Å²) >= 11 is 0. The molecule has 0 amide bonds. The van der Waals surface area contributed by atoms with Gasteiger partial charge in [0.2, 0.25) is 0 Å². The number of allylic oxidation sites excluding steroid dienone is 1. The summed E-state index contributed by atoms with van der Waals surface area (Å²) < 4.78 is 47.3. The first kappa shape index (κ1) is 27.5. The number of H-pyrrole nitrogens is 1. The third-order valence-corrected chi connectivity index (χ3v) is 6.41. The number of aromatic amines is 1. The molecule has 3 heterocycles. The Kier molecular flexibility index (Phi) is 7.27. The normalized spacial score (nSPS) is 12.8. The van der Waals surface area contributed by atoms with Crippen LogP contribution in [0.5, 0.6) is 11.5 Å². The van der Waals surface area contributed by atoms with Crippen molar-refractivity contribution in [2.45, 2.75) is 26.9 Å². The minimum Gasteiger partial charge on any atom is -0.455 e. The predicted molar refractivity (Wildman–Crippen MR) is 146 cm³/mol. The van der Waals surface area contributed by atoms with Crippen molar-refractivity contribution in [3.8, 4) is 22.6 Å². The second-order valence-corrected chi connectivity index (χ2v) is 9.35. The van der Waals surface area contributed by atoms with Crippen LogP contribution >= 0.6 is 0 Å². The molecular weight excluding hydrogens is 511 g/mol. The first-order chi connectivity index (χ1) is 18.3. The molecule has 8 nitrogen and oxygen atoms in total. The summed E-state index contributed by atoms with van der Waals surface area (Å²) in [5.41, 5.74) is 8.59. The molecule has 11 heteroatoms. The van der Waals surface area contributed by atoms with Crippen LogP contribution in [0, 0.1) is 13.8 Å². The molecule has 0 aliphatic rings. The van der Waals surface area contributed by atoms with E-state index < -0.39 is 12.7 Å². The Morgan fingerprint density at radius 3 is 2.36 bits per heavy atom. The second-order valence-electron chi connectivity index (χ2n) is 9.35. The van der Waals surface area contributed by atoms with Gasteiger partial charge in [0.1, 0.15) is 17.8 Å². The topological polar surface area (TPSA) is 107 Å². The van der Waals surface area contributed by atoms with E-state index in [0.29, 0.717) is 33.7 Å². The molecule has 0 bridgehead atoms. The second kappa shape index (κ2) is 10.3. The van der Waals surface area contributed by atoms with Crippen LogP contribution in [-0.2, 0) is 14.1 Å². The van der Waals surface area contributed by atoms with Crippen LogP contribution in [0.15, 0.2) is 63.5 Å². The lowest BCUT2D eigenvalue weighted by atomic mass is 10.0. The number of aromatic nitrogens is 3. The van der Waals surface area contributed by atoms with Crippen LogP contribution in [0.3, 0.4) is 0 Å². The maximum Gasteiger partial charge on any atom is 0.407 e. The van der Waals surface area contributed by atoms with Crippen molar-refractivity contribution in [2.75, 3.05) is 6.54 Å². The van der Waals surface area contributed by atoms with Crippen LogP contribution in [0.4, 0.5) is 13.2 Å². The summed E-state index contributed by atoms with van der Waals surface area (Å²) in [6.07, 6.45) is -0.175. The highest BCUT2D eigenvalue weighted by Gasteiger charge is 2.27. The lowest BCUT2D eigenvalue weighted by Crippen LogP contribution is -2.18. The zero-order valence-corrected chi connectivity index (χ0v) is 22.1. The molecule has 0 radical (unpaired) electrons. The van der Waals surface area contributed by atoms with Crippen molar-refractivity contribution in [3.05, 3.63) is 86.5 Å². The number of aliphatic imine (C=N–C) groups is 1. The number of nitrogens with zero attached hydrogens (tertiary/aromatic N) is 3. The van der Waals surface area contributed by atoms with Crippen LogP contribution < -0.4 is 21.6 Å². The van der Waals surface area contributed by atoms with Gasteiger partial charge in [-0.2, -0.15) is 13.2 Å². The number of pyridine rings is 2. The number of alkyl halides is 3. The molecule has 4 rings (SSSR count). The van der Waals surface area contributed by atoms with Gasteiger partial charge >= 0.3 is 6.18 Å². The Labute approximate surface area is 221 Å². The molecule has 39 heavy (non-hydrogen) atoms. The molecule has 0 fully saturated rings. The average Bonchev–Trinajstić information content (AvgIpc) is 3.30. The van der Waals surface area contributed by atoms with Gasteiger partial charge in [0.25, 0.3) is 11.1 Å². The van der Waals surface area contributed by atoms with Crippen LogP contribution in [-0.4, -0.2) is 32.6 Å². The molecular formula is C28H28F3N5O3. The first-order valence-corrected chi connectivity index (χ1v) is 12.0. The smallest absolute Gasteiger partial charge is 0.407 e. The highest BCUT2D eigenvalue weighted by Crippen LogP contribution is 2.38. The first-order valence-electron chi connectivity index (χ1n) is 12.0. The number of nitrogens with one attached hydrogen (secondary N) is 1. The molecule has 0 aliphatic heterocycles. The van der Waals surface area contributed by atoms with Crippen molar-refractivity contribution >= 4 is 22.2 Å². The highest BCUT2D eigenvalue weighted by molar-refractivity contribution is 6.23. The summed E-state index contributed by atoms with van der Waals surface area (Å²) in [4.78, 5) is 32.4. The van der Waals surface area contributed by atoms with Gasteiger partial charge < -0.3 is 24.6 Å². The zero-order valence-electron chi connectivity index (χ0n) is 22.1. The number of benzene rings is 1. The minimum atomic E-state index is -4.48. The monoisotopic (exact) mass is 539 g/mol. The van der Waals surface area contributed by atoms with Crippen LogP contribution in [0.25, 0.3) is 27.6 Å². The Morgan fingerprint density at radius 1 is 1.08 bits per heavy atom. The predicted octanol–water partition coefficient (Wildman–Crippen LogP) is 4.96. The summed E-state index contributed by atoms with van der Waals surface area (Å²) in [5, 5.41) is 0.440. The Morgan fingerprint density at radius 2 is 1.74 bits per heavy atom. The van der Waals surface area contributed by atoms with Crippen LogP contribution in [0.2, 0.25) is 0 Å². The summed E-state index contributed by atoms with van der Waals surface area (Å²) in [6.45, 7) is 3.87. The van der Waals surface area contributed by atoms with Gasteiger partial charge in [0.05, 0.1) is 6.20 Å². The largest absolute Gasteiger partial charge is 0.455 e. The van der Waals surface area contributed by atoms with Crippen molar-refractivity contribution < 1.29 is 17.9 Å². The van der Waals surface area contributed by atoms with E-state index in [1.807, 2.05) is 32.0 Å². The van der Waals surface area contributed by atoms with E-state index in [2.05, 4.69) is 9.98 Å². The van der Waals surface area contributed by atoms with Gasteiger partial charge in [-0.05, 0) is 38.0 Å². The number of halogens is 3. The third-order valence-electron chi connectivity index (χ3n) is 6.41. The fourth-order valence-corrected chi connectivity index (χ4v) is 4.36. The number of aryl methyl sites for hydroxylation is 4. The van der Waals surface area contributed by atoms with E-state index in [4.69, 9.17) is 10.5 Å². The van der Waals surface area contributed by atoms with E-state index in [-0.39, 0.29) is 27.9 Å². The number of hydrogen-bond acceptors (Lipinski definition) is 5. The molecule has 0 spiro atoms. The quantitative estimate of drug-likeness (QED) is 0.338. The number of ether oxygens (including phenoxy) is 1. The lowest BCUT2D eigenvalue weighted by Gasteiger charge is -2.17. The van der Waals surface area contributed by atoms with E-state index in [0.717, 1.165) is 17.3 Å². The molecule has 0 saturated carbocycles. The van der Waals surface area contributed by atoms with Gasteiger partial charge in [-0.25, -0.2) is 0 Å². The van der Waals surface area contributed by atoms with E-state index >= 15 is 0 Å².